The van der Waals surface area contributed by atoms with Crippen molar-refractivity contribution in [3.63, 3.8) is 0 Å². The van der Waals surface area contributed by atoms with E-state index in [1.165, 1.54) is 0 Å². The lowest BCUT2D eigenvalue weighted by Gasteiger charge is -2.12. The molecule has 4 heteroatoms. The van der Waals surface area contributed by atoms with Crippen LogP contribution in [0.1, 0.15) is 24.8 Å². The van der Waals surface area contributed by atoms with Crippen LogP contribution in [0.5, 0.6) is 0 Å². The fourth-order valence-electron chi connectivity index (χ4n) is 2.62. The molecule has 1 fully saturated rings. The van der Waals surface area contributed by atoms with Crippen molar-refractivity contribution >= 4 is 5.91 Å². The van der Waals surface area contributed by atoms with Gasteiger partial charge in [0.05, 0.1) is 6.10 Å². The molecular formula is C15H21NO3. The lowest BCUT2D eigenvalue weighted by molar-refractivity contribution is -0.121. The van der Waals surface area contributed by atoms with Gasteiger partial charge in [-0.3, -0.25) is 4.79 Å². The van der Waals surface area contributed by atoms with Crippen molar-refractivity contribution in [2.75, 3.05) is 6.61 Å². The molecule has 3 unspecified atom stereocenters. The quantitative estimate of drug-likeness (QED) is 0.738. The van der Waals surface area contributed by atoms with E-state index >= 15 is 0 Å². The summed E-state index contributed by atoms with van der Waals surface area (Å²) in [7, 11) is 0. The van der Waals surface area contributed by atoms with Gasteiger partial charge in [0.2, 0.25) is 5.91 Å². The summed E-state index contributed by atoms with van der Waals surface area (Å²) in [6.45, 7) is -0.0163. The van der Waals surface area contributed by atoms with Gasteiger partial charge in [0.1, 0.15) is 0 Å². The maximum atomic E-state index is 11.8. The highest BCUT2D eigenvalue weighted by Gasteiger charge is 2.32. The zero-order chi connectivity index (χ0) is 13.7. The Kier molecular flexibility index (Phi) is 4.93. The summed E-state index contributed by atoms with van der Waals surface area (Å²) in [5.41, 5.74) is 1.15. The topological polar surface area (TPSA) is 69.6 Å². The fraction of sp³-hybridized carbons (Fsp3) is 0.533. The second-order valence-electron chi connectivity index (χ2n) is 5.23. The molecular weight excluding hydrogens is 242 g/mol. The summed E-state index contributed by atoms with van der Waals surface area (Å²) < 4.78 is 0. The third-order valence-corrected chi connectivity index (χ3v) is 3.74. The molecule has 0 saturated heterocycles. The van der Waals surface area contributed by atoms with Crippen LogP contribution in [-0.4, -0.2) is 34.9 Å². The zero-order valence-electron chi connectivity index (χ0n) is 11.0. The molecule has 104 valence electrons. The molecule has 3 N–H and O–H groups in total. The van der Waals surface area contributed by atoms with Gasteiger partial charge >= 0.3 is 0 Å². The summed E-state index contributed by atoms with van der Waals surface area (Å²) in [6, 6.07) is 9.90. The number of carbonyl (C=O) groups excluding carboxylic acids is 1. The SMILES string of the molecule is O=C(CCc1ccccc1)NC1CC(O)C(CO)C1. The number of aliphatic hydroxyl groups is 2. The molecule has 3 atom stereocenters. The molecule has 1 aliphatic carbocycles. The van der Waals surface area contributed by atoms with E-state index in [2.05, 4.69) is 5.32 Å². The Morgan fingerprint density at radius 3 is 2.63 bits per heavy atom. The van der Waals surface area contributed by atoms with Crippen LogP contribution in [0.2, 0.25) is 0 Å². The average molecular weight is 263 g/mol. The summed E-state index contributed by atoms with van der Waals surface area (Å²) in [6.07, 6.45) is 1.90. The minimum absolute atomic E-state index is 0.00424. The van der Waals surface area contributed by atoms with E-state index in [4.69, 9.17) is 5.11 Å². The molecule has 1 aliphatic rings. The Bertz CT molecular complexity index is 407. The first-order chi connectivity index (χ1) is 9.19. The zero-order valence-corrected chi connectivity index (χ0v) is 11.0. The molecule has 19 heavy (non-hydrogen) atoms. The molecule has 0 radical (unpaired) electrons. The fourth-order valence-corrected chi connectivity index (χ4v) is 2.62. The number of aryl methyl sites for hydroxylation is 1. The van der Waals surface area contributed by atoms with Crippen LogP contribution in [0.4, 0.5) is 0 Å². The number of rotatable bonds is 5. The maximum absolute atomic E-state index is 11.8. The molecule has 1 aromatic rings. The first kappa shape index (κ1) is 14.0. The largest absolute Gasteiger partial charge is 0.396 e. The van der Waals surface area contributed by atoms with Gasteiger partial charge in [0.15, 0.2) is 0 Å². The molecule has 0 aliphatic heterocycles. The number of benzene rings is 1. The van der Waals surface area contributed by atoms with Gasteiger partial charge in [-0.05, 0) is 24.8 Å². The van der Waals surface area contributed by atoms with Gasteiger partial charge in [-0.2, -0.15) is 0 Å². The third kappa shape index (κ3) is 4.04. The Morgan fingerprint density at radius 1 is 1.26 bits per heavy atom. The molecule has 0 spiro atoms. The summed E-state index contributed by atoms with van der Waals surface area (Å²) in [5, 5.41) is 21.7. The highest BCUT2D eigenvalue weighted by Crippen LogP contribution is 2.25. The monoisotopic (exact) mass is 263 g/mol. The van der Waals surface area contributed by atoms with Gasteiger partial charge in [-0.25, -0.2) is 0 Å². The average Bonchev–Trinajstić information content (AvgIpc) is 2.77. The summed E-state index contributed by atoms with van der Waals surface area (Å²) >= 11 is 0. The lowest BCUT2D eigenvalue weighted by Crippen LogP contribution is -2.33. The Morgan fingerprint density at radius 2 is 2.00 bits per heavy atom. The van der Waals surface area contributed by atoms with Crippen molar-refractivity contribution in [2.24, 2.45) is 5.92 Å². The lowest BCUT2D eigenvalue weighted by atomic mass is 10.1. The first-order valence-corrected chi connectivity index (χ1v) is 6.81. The molecule has 0 bridgehead atoms. The molecule has 1 saturated carbocycles. The highest BCUT2D eigenvalue weighted by atomic mass is 16.3. The second kappa shape index (κ2) is 6.68. The van der Waals surface area contributed by atoms with Gasteiger partial charge in [-0.1, -0.05) is 30.3 Å². The molecule has 0 aromatic heterocycles. The minimum Gasteiger partial charge on any atom is -0.396 e. The molecule has 0 heterocycles. The molecule has 4 nitrogen and oxygen atoms in total. The van der Waals surface area contributed by atoms with Gasteiger partial charge in [0.25, 0.3) is 0 Å². The molecule has 1 amide bonds. The smallest absolute Gasteiger partial charge is 0.220 e. The van der Waals surface area contributed by atoms with Crippen LogP contribution in [0.15, 0.2) is 30.3 Å². The van der Waals surface area contributed by atoms with Crippen molar-refractivity contribution in [3.8, 4) is 0 Å². The predicted octanol–water partition coefficient (Wildman–Crippen LogP) is 0.867. The standard InChI is InChI=1S/C15H21NO3/c17-10-12-8-13(9-14(12)18)16-15(19)7-6-11-4-2-1-3-5-11/h1-5,12-14,17-18H,6-10H2,(H,16,19). The van der Waals surface area contributed by atoms with E-state index in [0.29, 0.717) is 19.3 Å². The Balaban J connectivity index is 1.73. The van der Waals surface area contributed by atoms with Crippen molar-refractivity contribution in [3.05, 3.63) is 35.9 Å². The van der Waals surface area contributed by atoms with Crippen LogP contribution in [0, 0.1) is 5.92 Å². The molecule has 1 aromatic carbocycles. The van der Waals surface area contributed by atoms with Gasteiger partial charge < -0.3 is 15.5 Å². The van der Waals surface area contributed by atoms with Crippen molar-refractivity contribution in [1.82, 2.24) is 5.32 Å². The highest BCUT2D eigenvalue weighted by molar-refractivity contribution is 5.76. The first-order valence-electron chi connectivity index (χ1n) is 6.81. The summed E-state index contributed by atoms with van der Waals surface area (Å²) in [5.74, 6) is -0.0842. The van der Waals surface area contributed by atoms with Crippen LogP contribution in [0.3, 0.4) is 0 Å². The molecule has 2 rings (SSSR count). The van der Waals surface area contributed by atoms with Gasteiger partial charge in [-0.15, -0.1) is 0 Å². The van der Waals surface area contributed by atoms with Crippen molar-refractivity contribution in [1.29, 1.82) is 0 Å². The number of amides is 1. The Labute approximate surface area is 113 Å². The number of hydrogen-bond donors (Lipinski definition) is 3. The Hall–Kier alpha value is -1.39. The van der Waals surface area contributed by atoms with Crippen molar-refractivity contribution < 1.29 is 15.0 Å². The maximum Gasteiger partial charge on any atom is 0.220 e. The van der Waals surface area contributed by atoms with Crippen molar-refractivity contribution in [2.45, 2.75) is 37.8 Å². The second-order valence-corrected chi connectivity index (χ2v) is 5.23. The van der Waals surface area contributed by atoms with Crippen LogP contribution < -0.4 is 5.32 Å². The number of nitrogens with one attached hydrogen (secondary N) is 1. The number of carbonyl (C=O) groups is 1. The summed E-state index contributed by atoms with van der Waals surface area (Å²) in [4.78, 5) is 11.8. The third-order valence-electron chi connectivity index (χ3n) is 3.74. The normalized spacial score (nSPS) is 26.3. The van der Waals surface area contributed by atoms with E-state index in [9.17, 15) is 9.90 Å². The van der Waals surface area contributed by atoms with E-state index in [1.54, 1.807) is 0 Å². The number of aliphatic hydroxyl groups excluding tert-OH is 2. The number of hydrogen-bond acceptors (Lipinski definition) is 3. The van der Waals surface area contributed by atoms with Crippen LogP contribution in [-0.2, 0) is 11.2 Å². The van der Waals surface area contributed by atoms with E-state index in [-0.39, 0.29) is 24.5 Å². The van der Waals surface area contributed by atoms with E-state index < -0.39 is 6.10 Å². The minimum atomic E-state index is -0.496. The van der Waals surface area contributed by atoms with Crippen LogP contribution in [0.25, 0.3) is 0 Å². The van der Waals surface area contributed by atoms with E-state index in [0.717, 1.165) is 12.0 Å². The predicted molar refractivity (Wildman–Crippen MR) is 72.5 cm³/mol. The van der Waals surface area contributed by atoms with Crippen LogP contribution >= 0.6 is 0 Å². The van der Waals surface area contributed by atoms with Gasteiger partial charge in [0, 0.05) is 25.0 Å². The van der Waals surface area contributed by atoms with E-state index in [1.807, 2.05) is 30.3 Å².